The Balaban J connectivity index is 1.45. The van der Waals surface area contributed by atoms with Crippen LogP contribution >= 0.6 is 11.3 Å². The number of aryl methyl sites for hydroxylation is 2. The number of hydrogen-bond acceptors (Lipinski definition) is 4. The fourth-order valence-electron chi connectivity index (χ4n) is 2.99. The van der Waals surface area contributed by atoms with Gasteiger partial charge in [-0.15, -0.1) is 11.3 Å². The largest absolute Gasteiger partial charge is 0.339 e. The van der Waals surface area contributed by atoms with Gasteiger partial charge in [-0.2, -0.15) is 0 Å². The first-order valence-corrected chi connectivity index (χ1v) is 9.64. The normalized spacial score (nSPS) is 14.6. The highest BCUT2D eigenvalue weighted by molar-refractivity contribution is 7.07. The summed E-state index contributed by atoms with van der Waals surface area (Å²) >= 11 is 1.42. The van der Waals surface area contributed by atoms with Crippen LogP contribution in [0.5, 0.6) is 0 Å². The third-order valence-corrected chi connectivity index (χ3v) is 5.22. The Morgan fingerprint density at radius 1 is 1.04 bits per heavy atom. The molecule has 2 heterocycles. The van der Waals surface area contributed by atoms with Crippen LogP contribution in [-0.2, 0) is 17.6 Å². The van der Waals surface area contributed by atoms with E-state index in [2.05, 4.69) is 36.2 Å². The number of aromatic nitrogens is 1. The monoisotopic (exact) mass is 357 g/mol. The zero-order valence-electron chi connectivity index (χ0n) is 14.5. The van der Waals surface area contributed by atoms with Gasteiger partial charge in [0.1, 0.15) is 5.69 Å². The van der Waals surface area contributed by atoms with Crippen LogP contribution in [0.15, 0.2) is 35.2 Å². The van der Waals surface area contributed by atoms with Gasteiger partial charge in [0.2, 0.25) is 5.91 Å². The van der Waals surface area contributed by atoms with Gasteiger partial charge in [-0.25, -0.2) is 4.98 Å². The Labute approximate surface area is 152 Å². The minimum Gasteiger partial charge on any atom is -0.339 e. The number of piperazine rings is 1. The molecule has 1 aromatic heterocycles. The van der Waals surface area contributed by atoms with Crippen LogP contribution < -0.4 is 0 Å². The Kier molecular flexibility index (Phi) is 5.81. The highest BCUT2D eigenvalue weighted by Crippen LogP contribution is 2.12. The Morgan fingerprint density at radius 2 is 1.68 bits per heavy atom. The molecule has 3 rings (SSSR count). The van der Waals surface area contributed by atoms with Crippen molar-refractivity contribution < 1.29 is 9.59 Å². The summed E-state index contributed by atoms with van der Waals surface area (Å²) in [5.74, 6) is 0.129. The molecule has 1 saturated heterocycles. The number of thiazole rings is 1. The summed E-state index contributed by atoms with van der Waals surface area (Å²) in [6.07, 6.45) is 2.31. The zero-order chi connectivity index (χ0) is 17.6. The third-order valence-electron chi connectivity index (χ3n) is 4.63. The lowest BCUT2D eigenvalue weighted by Gasteiger charge is -2.34. The summed E-state index contributed by atoms with van der Waals surface area (Å²) in [4.78, 5) is 32.4. The van der Waals surface area contributed by atoms with Crippen molar-refractivity contribution in [2.45, 2.75) is 26.2 Å². The molecule has 0 saturated carbocycles. The first-order chi connectivity index (χ1) is 12.2. The molecular weight excluding hydrogens is 334 g/mol. The van der Waals surface area contributed by atoms with E-state index in [-0.39, 0.29) is 11.8 Å². The lowest BCUT2D eigenvalue weighted by molar-refractivity contribution is -0.132. The van der Waals surface area contributed by atoms with Crippen molar-refractivity contribution in [2.75, 3.05) is 26.2 Å². The van der Waals surface area contributed by atoms with E-state index in [4.69, 9.17) is 0 Å². The van der Waals surface area contributed by atoms with E-state index in [1.54, 1.807) is 15.8 Å². The summed E-state index contributed by atoms with van der Waals surface area (Å²) in [5.41, 5.74) is 4.68. The maximum absolute atomic E-state index is 12.4. The van der Waals surface area contributed by atoms with E-state index in [1.165, 1.54) is 22.5 Å². The zero-order valence-corrected chi connectivity index (χ0v) is 15.3. The van der Waals surface area contributed by atoms with Crippen molar-refractivity contribution in [3.05, 3.63) is 52.0 Å². The number of benzene rings is 1. The van der Waals surface area contributed by atoms with Crippen molar-refractivity contribution in [3.8, 4) is 0 Å². The summed E-state index contributed by atoms with van der Waals surface area (Å²) in [5, 5.41) is 1.77. The van der Waals surface area contributed by atoms with Crippen molar-refractivity contribution in [1.29, 1.82) is 0 Å². The maximum atomic E-state index is 12.4. The fourth-order valence-corrected chi connectivity index (χ4v) is 3.52. The predicted octanol–water partition coefficient (Wildman–Crippen LogP) is 2.62. The van der Waals surface area contributed by atoms with Gasteiger partial charge in [-0.1, -0.05) is 31.2 Å². The maximum Gasteiger partial charge on any atom is 0.273 e. The smallest absolute Gasteiger partial charge is 0.273 e. The second kappa shape index (κ2) is 8.25. The van der Waals surface area contributed by atoms with E-state index in [0.717, 1.165) is 12.8 Å². The van der Waals surface area contributed by atoms with Gasteiger partial charge < -0.3 is 9.80 Å². The number of carbonyl (C=O) groups excluding carboxylic acids is 2. The molecule has 6 heteroatoms. The van der Waals surface area contributed by atoms with Gasteiger partial charge in [0.05, 0.1) is 5.51 Å². The number of amides is 2. The summed E-state index contributed by atoms with van der Waals surface area (Å²) < 4.78 is 0. The predicted molar refractivity (Wildman–Crippen MR) is 98.7 cm³/mol. The molecule has 2 aromatic rings. The molecule has 1 aliphatic heterocycles. The minimum atomic E-state index is -0.0376. The van der Waals surface area contributed by atoms with E-state index in [1.807, 2.05) is 4.90 Å². The SMILES string of the molecule is CCc1ccc(CCC(=O)N2CCN(C(=O)c3cscn3)CC2)cc1. The molecule has 0 bridgehead atoms. The number of nitrogens with zero attached hydrogens (tertiary/aromatic N) is 3. The lowest BCUT2D eigenvalue weighted by atomic mass is 10.1. The van der Waals surface area contributed by atoms with Crippen LogP contribution in [0.3, 0.4) is 0 Å². The van der Waals surface area contributed by atoms with Gasteiger partial charge in [-0.3, -0.25) is 9.59 Å². The van der Waals surface area contributed by atoms with Gasteiger partial charge >= 0.3 is 0 Å². The number of hydrogen-bond donors (Lipinski definition) is 0. The minimum absolute atomic E-state index is 0.0376. The van der Waals surface area contributed by atoms with Crippen LogP contribution in [0.25, 0.3) is 0 Å². The fraction of sp³-hybridized carbons (Fsp3) is 0.421. The summed E-state index contributed by atoms with van der Waals surface area (Å²) in [6.45, 7) is 4.49. The van der Waals surface area contributed by atoms with Crippen molar-refractivity contribution in [2.24, 2.45) is 0 Å². The van der Waals surface area contributed by atoms with Crippen LogP contribution in [0.1, 0.15) is 35.0 Å². The van der Waals surface area contributed by atoms with Crippen molar-refractivity contribution >= 4 is 23.2 Å². The van der Waals surface area contributed by atoms with Crippen LogP contribution in [0.2, 0.25) is 0 Å². The third kappa shape index (κ3) is 4.45. The molecule has 5 nitrogen and oxygen atoms in total. The second-order valence-electron chi connectivity index (χ2n) is 6.22. The van der Waals surface area contributed by atoms with Gasteiger partial charge in [-0.05, 0) is 24.0 Å². The van der Waals surface area contributed by atoms with Gasteiger partial charge in [0.25, 0.3) is 5.91 Å². The quantitative estimate of drug-likeness (QED) is 0.827. The van der Waals surface area contributed by atoms with E-state index in [9.17, 15) is 9.59 Å². The molecular formula is C19H23N3O2S. The van der Waals surface area contributed by atoms with Gasteiger partial charge in [0, 0.05) is 38.0 Å². The molecule has 0 radical (unpaired) electrons. The molecule has 1 fully saturated rings. The molecule has 0 N–H and O–H groups in total. The van der Waals surface area contributed by atoms with Crippen LogP contribution in [0.4, 0.5) is 0 Å². The molecule has 0 unspecified atom stereocenters. The molecule has 1 aliphatic rings. The average Bonchev–Trinajstić information content (AvgIpc) is 3.21. The first-order valence-electron chi connectivity index (χ1n) is 8.70. The molecule has 2 amide bonds. The molecule has 132 valence electrons. The van der Waals surface area contributed by atoms with Crippen LogP contribution in [0, 0.1) is 0 Å². The first kappa shape index (κ1) is 17.6. The second-order valence-corrected chi connectivity index (χ2v) is 6.94. The van der Waals surface area contributed by atoms with E-state index < -0.39 is 0 Å². The van der Waals surface area contributed by atoms with E-state index in [0.29, 0.717) is 38.3 Å². The van der Waals surface area contributed by atoms with Crippen molar-refractivity contribution in [3.63, 3.8) is 0 Å². The Morgan fingerprint density at radius 3 is 2.28 bits per heavy atom. The number of carbonyl (C=O) groups is 2. The van der Waals surface area contributed by atoms with E-state index >= 15 is 0 Å². The molecule has 25 heavy (non-hydrogen) atoms. The standard InChI is InChI=1S/C19H23N3O2S/c1-2-15-3-5-16(6-4-15)7-8-18(23)21-9-11-22(12-10-21)19(24)17-13-25-14-20-17/h3-6,13-14H,2,7-12H2,1H3. The Bertz CT molecular complexity index is 705. The van der Waals surface area contributed by atoms with Gasteiger partial charge in [0.15, 0.2) is 0 Å². The number of rotatable bonds is 5. The molecule has 0 aliphatic carbocycles. The molecule has 0 atom stereocenters. The van der Waals surface area contributed by atoms with Crippen molar-refractivity contribution in [1.82, 2.24) is 14.8 Å². The summed E-state index contributed by atoms with van der Waals surface area (Å²) in [7, 11) is 0. The Hall–Kier alpha value is -2.21. The summed E-state index contributed by atoms with van der Waals surface area (Å²) in [6, 6.07) is 8.47. The topological polar surface area (TPSA) is 53.5 Å². The highest BCUT2D eigenvalue weighted by Gasteiger charge is 2.25. The van der Waals surface area contributed by atoms with Crippen LogP contribution in [-0.4, -0.2) is 52.8 Å². The lowest BCUT2D eigenvalue weighted by Crippen LogP contribution is -2.50. The molecule has 0 spiro atoms. The average molecular weight is 357 g/mol. The highest BCUT2D eigenvalue weighted by atomic mass is 32.1. The molecule has 1 aromatic carbocycles.